The number of para-hydroxylation sites is 1. The molecule has 0 amide bonds. The third-order valence-corrected chi connectivity index (χ3v) is 8.45. The normalized spacial score (nSPS) is 14.9. The monoisotopic (exact) mass is 502 g/mol. The molecule has 0 radical (unpaired) electrons. The van der Waals surface area contributed by atoms with E-state index in [0.717, 1.165) is 36.1 Å². The summed E-state index contributed by atoms with van der Waals surface area (Å²) in [6.45, 7) is 3.16. The molecule has 1 N–H and O–H groups in total. The van der Waals surface area contributed by atoms with Gasteiger partial charge in [-0.15, -0.1) is 11.3 Å². The summed E-state index contributed by atoms with van der Waals surface area (Å²) in [4.78, 5) is 27.8. The minimum atomic E-state index is -0.934. The van der Waals surface area contributed by atoms with Gasteiger partial charge in [-0.2, -0.15) is 4.57 Å². The Morgan fingerprint density at radius 3 is 2.51 bits per heavy atom. The van der Waals surface area contributed by atoms with Crippen molar-refractivity contribution in [2.75, 3.05) is 11.9 Å². The number of carbonyl (C=O) groups is 1. The largest absolute Gasteiger partial charge is 0.478 e. The highest BCUT2D eigenvalue weighted by molar-refractivity contribution is 8.08. The number of hydrogen-bond acceptors (Lipinski definition) is 5. The second-order valence-corrected chi connectivity index (χ2v) is 10.2. The van der Waals surface area contributed by atoms with Crippen molar-refractivity contribution in [1.29, 1.82) is 0 Å². The fraction of sp³-hybridized carbons (Fsp3) is 0.148. The van der Waals surface area contributed by atoms with Gasteiger partial charge in [-0.25, -0.2) is 4.79 Å². The predicted octanol–water partition coefficient (Wildman–Crippen LogP) is 3.10. The lowest BCUT2D eigenvalue weighted by Crippen LogP contribution is -2.38. The number of rotatable bonds is 5. The summed E-state index contributed by atoms with van der Waals surface area (Å²) >= 11 is 3.15. The number of nitrogens with zero attached hydrogens (tertiary/aromatic N) is 3. The van der Waals surface area contributed by atoms with Gasteiger partial charge in [0.2, 0.25) is 5.69 Å². The van der Waals surface area contributed by atoms with Gasteiger partial charge < -0.3 is 10.0 Å². The number of thiazole rings is 1. The standard InChI is InChI=1S/C27H23N3O3S2/c1-3-30-23(35-24(25(30)31)26-28(2)21-9-4-5-10-22(21)34-26)16-20-8-6-7-15-29(20)17-18-11-13-19(14-12-18)27(32)33/h4-16H,3,17H2,1-2H3/p+1/b26-24+. The van der Waals surface area contributed by atoms with Gasteiger partial charge in [-0.3, -0.25) is 9.36 Å². The first-order valence-corrected chi connectivity index (χ1v) is 12.9. The number of carboxylic acids is 1. The first-order valence-electron chi connectivity index (χ1n) is 11.2. The maximum atomic E-state index is 13.4. The van der Waals surface area contributed by atoms with Crippen LogP contribution in [0.1, 0.15) is 28.5 Å². The summed E-state index contributed by atoms with van der Waals surface area (Å²) in [6.07, 6.45) is 4.05. The first kappa shape index (κ1) is 23.1. The smallest absolute Gasteiger partial charge is 0.335 e. The van der Waals surface area contributed by atoms with Gasteiger partial charge in [-0.05, 0) is 37.3 Å². The van der Waals surface area contributed by atoms with E-state index in [1.165, 1.54) is 11.3 Å². The molecule has 2 aromatic carbocycles. The number of aromatic carboxylic acids is 1. The maximum absolute atomic E-state index is 13.4. The number of fused-ring (bicyclic) bond motifs is 1. The zero-order valence-corrected chi connectivity index (χ0v) is 21.0. The predicted molar refractivity (Wildman–Crippen MR) is 140 cm³/mol. The highest BCUT2D eigenvalue weighted by Crippen LogP contribution is 2.44. The second-order valence-electron chi connectivity index (χ2n) is 8.15. The van der Waals surface area contributed by atoms with Crippen LogP contribution in [-0.2, 0) is 13.1 Å². The molecule has 1 aliphatic rings. The zero-order chi connectivity index (χ0) is 24.5. The molecule has 0 unspecified atom stereocenters. The molecule has 6 nitrogen and oxygen atoms in total. The van der Waals surface area contributed by atoms with Crippen LogP contribution in [0.15, 0.2) is 82.6 Å². The van der Waals surface area contributed by atoms with Crippen molar-refractivity contribution in [3.8, 4) is 0 Å². The molecule has 0 fully saturated rings. The van der Waals surface area contributed by atoms with E-state index in [1.54, 1.807) is 23.9 Å². The van der Waals surface area contributed by atoms with Crippen LogP contribution in [0.2, 0.25) is 0 Å². The lowest BCUT2D eigenvalue weighted by atomic mass is 10.1. The van der Waals surface area contributed by atoms with Crippen LogP contribution < -0.4 is 24.2 Å². The molecule has 0 atom stereocenters. The van der Waals surface area contributed by atoms with Crippen molar-refractivity contribution in [2.24, 2.45) is 0 Å². The van der Waals surface area contributed by atoms with Crippen molar-refractivity contribution in [3.05, 3.63) is 109 Å². The number of carboxylic acid groups (broad SMARTS) is 1. The Bertz CT molecular complexity index is 1600. The molecule has 35 heavy (non-hydrogen) atoms. The van der Waals surface area contributed by atoms with E-state index in [-0.39, 0.29) is 11.1 Å². The lowest BCUT2D eigenvalue weighted by molar-refractivity contribution is -0.690. The molecular formula is C27H24N3O3S2+. The molecule has 4 aromatic rings. The Morgan fingerprint density at radius 2 is 1.80 bits per heavy atom. The van der Waals surface area contributed by atoms with Crippen LogP contribution in [0.5, 0.6) is 0 Å². The number of benzene rings is 2. The number of anilines is 1. The van der Waals surface area contributed by atoms with Crippen LogP contribution >= 0.6 is 23.1 Å². The van der Waals surface area contributed by atoms with Crippen molar-refractivity contribution >= 4 is 45.9 Å². The third-order valence-electron chi connectivity index (χ3n) is 5.96. The fourth-order valence-electron chi connectivity index (χ4n) is 4.11. The van der Waals surface area contributed by atoms with Crippen LogP contribution in [0.25, 0.3) is 11.1 Å². The topological polar surface area (TPSA) is 66.4 Å². The van der Waals surface area contributed by atoms with Crippen molar-refractivity contribution in [1.82, 2.24) is 4.57 Å². The van der Waals surface area contributed by atoms with Crippen LogP contribution in [0, 0.1) is 0 Å². The molecule has 0 bridgehead atoms. The Labute approximate surface area is 210 Å². The zero-order valence-electron chi connectivity index (χ0n) is 19.3. The van der Waals surface area contributed by atoms with Gasteiger partial charge in [-0.1, -0.05) is 36.0 Å². The van der Waals surface area contributed by atoms with Gasteiger partial charge in [0.15, 0.2) is 12.7 Å². The molecule has 8 heteroatoms. The molecule has 0 saturated carbocycles. The Kier molecular flexibility index (Phi) is 6.32. The van der Waals surface area contributed by atoms with Gasteiger partial charge in [0.1, 0.15) is 14.2 Å². The summed E-state index contributed by atoms with van der Waals surface area (Å²) in [5, 5.41) is 10.1. The molecule has 5 rings (SSSR count). The van der Waals surface area contributed by atoms with Gasteiger partial charge >= 0.3 is 5.97 Å². The molecule has 0 aliphatic carbocycles. The lowest BCUT2D eigenvalue weighted by Gasteiger charge is -2.11. The van der Waals surface area contributed by atoms with Crippen LogP contribution in [0.4, 0.5) is 5.69 Å². The molecule has 0 spiro atoms. The average molecular weight is 503 g/mol. The van der Waals surface area contributed by atoms with Crippen molar-refractivity contribution in [3.63, 3.8) is 0 Å². The summed E-state index contributed by atoms with van der Waals surface area (Å²) in [5.74, 6) is -0.934. The molecule has 3 heterocycles. The minimum absolute atomic E-state index is 0.0256. The van der Waals surface area contributed by atoms with Crippen molar-refractivity contribution in [2.45, 2.75) is 24.9 Å². The molecule has 0 saturated heterocycles. The van der Waals surface area contributed by atoms with Gasteiger partial charge in [0.25, 0.3) is 5.56 Å². The molecular weight excluding hydrogens is 478 g/mol. The summed E-state index contributed by atoms with van der Waals surface area (Å²) < 4.78 is 5.56. The Hall–Kier alpha value is -3.62. The van der Waals surface area contributed by atoms with Gasteiger partial charge in [0, 0.05) is 42.3 Å². The van der Waals surface area contributed by atoms with E-state index < -0.39 is 5.97 Å². The Morgan fingerprint density at radius 1 is 1.06 bits per heavy atom. The fourth-order valence-corrected chi connectivity index (χ4v) is 6.57. The van der Waals surface area contributed by atoms with Crippen LogP contribution in [-0.4, -0.2) is 22.7 Å². The van der Waals surface area contributed by atoms with E-state index in [0.29, 0.717) is 13.1 Å². The van der Waals surface area contributed by atoms with E-state index in [1.807, 2.05) is 67.2 Å². The van der Waals surface area contributed by atoms with Crippen molar-refractivity contribution < 1.29 is 14.5 Å². The number of pyridine rings is 1. The quantitative estimate of drug-likeness (QED) is 0.425. The van der Waals surface area contributed by atoms with E-state index in [2.05, 4.69) is 27.7 Å². The summed E-state index contributed by atoms with van der Waals surface area (Å²) in [6, 6.07) is 21.1. The van der Waals surface area contributed by atoms with Crippen LogP contribution in [0.3, 0.4) is 0 Å². The number of thioether (sulfide) groups is 1. The Balaban J connectivity index is 1.58. The minimum Gasteiger partial charge on any atom is -0.478 e. The van der Waals surface area contributed by atoms with E-state index in [9.17, 15) is 9.59 Å². The summed E-state index contributed by atoms with van der Waals surface area (Å²) in [7, 11) is 2.01. The third kappa shape index (κ3) is 4.42. The second kappa shape index (κ2) is 9.56. The van der Waals surface area contributed by atoms with E-state index >= 15 is 0 Å². The summed E-state index contributed by atoms with van der Waals surface area (Å²) in [5.41, 5.74) is 3.37. The van der Waals surface area contributed by atoms with E-state index in [4.69, 9.17) is 5.11 Å². The van der Waals surface area contributed by atoms with Gasteiger partial charge in [0.05, 0.1) is 11.3 Å². The maximum Gasteiger partial charge on any atom is 0.335 e. The number of hydrogen-bond donors (Lipinski definition) is 1. The average Bonchev–Trinajstić information content (AvgIpc) is 3.36. The highest BCUT2D eigenvalue weighted by atomic mass is 32.2. The molecule has 1 aliphatic heterocycles. The first-order chi connectivity index (χ1) is 17.0. The highest BCUT2D eigenvalue weighted by Gasteiger charge is 2.24. The SMILES string of the molecule is CCn1c(=O)/c(=C2\Sc3ccccc3N2C)s/c1=C\c1cccc[n+]1Cc1ccc(C(=O)O)cc1. The molecule has 2 aromatic heterocycles. The number of aromatic nitrogens is 2. The molecule has 176 valence electrons.